The summed E-state index contributed by atoms with van der Waals surface area (Å²) in [5.41, 5.74) is 0.787. The molecule has 0 aromatic carbocycles. The molecule has 0 spiro atoms. The summed E-state index contributed by atoms with van der Waals surface area (Å²) in [4.78, 5) is 47.1. The van der Waals surface area contributed by atoms with Crippen LogP contribution in [0.25, 0.3) is 0 Å². The molecule has 0 N–H and O–H groups in total. The Bertz CT molecular complexity index is 606. The monoisotopic (exact) mass is 386 g/mol. The molecule has 27 heavy (non-hydrogen) atoms. The molecule has 2 aliphatic heterocycles. The fourth-order valence-corrected chi connectivity index (χ4v) is 2.67. The van der Waals surface area contributed by atoms with Gasteiger partial charge in [0.1, 0.15) is 13.2 Å². The van der Waals surface area contributed by atoms with E-state index in [1.54, 1.807) is 13.8 Å². The normalized spacial score (nSPS) is 20.6. The van der Waals surface area contributed by atoms with Crippen LogP contribution in [-0.2, 0) is 33.3 Å². The van der Waals surface area contributed by atoms with Gasteiger partial charge in [-0.05, 0) is 13.8 Å². The molecule has 0 unspecified atom stereocenters. The van der Waals surface area contributed by atoms with Crippen LogP contribution in [0, 0.1) is 0 Å². The van der Waals surface area contributed by atoms with Crippen LogP contribution in [0.4, 0.5) is 9.59 Å². The molecular weight excluding hydrogens is 364 g/mol. The summed E-state index contributed by atoms with van der Waals surface area (Å²) >= 11 is 0. The molecule has 0 saturated carbocycles. The molecule has 2 aliphatic rings. The lowest BCUT2D eigenvalue weighted by molar-refractivity contribution is -0.142. The fraction of sp³-hybridized carbons (Fsp3) is 0.625. The third-order valence-electron chi connectivity index (χ3n) is 3.71. The van der Waals surface area contributed by atoms with Crippen molar-refractivity contribution in [2.75, 3.05) is 26.4 Å². The summed E-state index contributed by atoms with van der Waals surface area (Å²) in [6.45, 7) is 5.45. The van der Waals surface area contributed by atoms with Gasteiger partial charge in [0.2, 0.25) is 0 Å². The van der Waals surface area contributed by atoms with E-state index in [2.05, 4.69) is 0 Å². The average molecular weight is 386 g/mol. The third kappa shape index (κ3) is 4.30. The predicted octanol–water partition coefficient (Wildman–Crippen LogP) is 0.937. The van der Waals surface area contributed by atoms with E-state index >= 15 is 0 Å². The number of hydrogen-bond acceptors (Lipinski definition) is 9. The van der Waals surface area contributed by atoms with Gasteiger partial charge >= 0.3 is 24.1 Å². The summed E-state index contributed by atoms with van der Waals surface area (Å²) in [6, 6.07) is 0. The highest BCUT2D eigenvalue weighted by atomic mass is 16.6. The number of amides is 2. The van der Waals surface area contributed by atoms with Crippen molar-refractivity contribution < 1.29 is 42.9 Å². The van der Waals surface area contributed by atoms with Gasteiger partial charge in [-0.1, -0.05) is 0 Å². The predicted molar refractivity (Wildman–Crippen MR) is 86.7 cm³/mol. The van der Waals surface area contributed by atoms with Gasteiger partial charge < -0.3 is 23.7 Å². The number of rotatable bonds is 6. The zero-order valence-corrected chi connectivity index (χ0v) is 15.6. The van der Waals surface area contributed by atoms with Crippen molar-refractivity contribution in [3.05, 3.63) is 11.1 Å². The van der Waals surface area contributed by atoms with Crippen molar-refractivity contribution in [1.82, 2.24) is 10.0 Å². The minimum atomic E-state index is -1.05. The second-order valence-corrected chi connectivity index (χ2v) is 5.54. The second-order valence-electron chi connectivity index (χ2n) is 5.54. The van der Waals surface area contributed by atoms with Crippen LogP contribution in [0.5, 0.6) is 0 Å². The molecule has 2 bridgehead atoms. The Morgan fingerprint density at radius 2 is 1.15 bits per heavy atom. The van der Waals surface area contributed by atoms with E-state index in [9.17, 15) is 19.2 Å². The van der Waals surface area contributed by atoms with E-state index in [1.165, 1.54) is 13.8 Å². The highest BCUT2D eigenvalue weighted by Gasteiger charge is 2.57. The van der Waals surface area contributed by atoms with Crippen LogP contribution in [-0.4, -0.2) is 73.0 Å². The van der Waals surface area contributed by atoms with Crippen LogP contribution >= 0.6 is 0 Å². The molecule has 11 heteroatoms. The molecule has 2 amide bonds. The van der Waals surface area contributed by atoms with Crippen LogP contribution in [0.1, 0.15) is 27.7 Å². The Morgan fingerprint density at radius 1 is 0.778 bits per heavy atom. The van der Waals surface area contributed by atoms with Crippen LogP contribution in [0.2, 0.25) is 0 Å². The number of ether oxygens (including phenoxy) is 5. The zero-order chi connectivity index (χ0) is 20.1. The van der Waals surface area contributed by atoms with Crippen LogP contribution in [0.3, 0.4) is 0 Å². The molecule has 2 heterocycles. The summed E-state index contributed by atoms with van der Waals surface area (Å²) < 4.78 is 25.7. The highest BCUT2D eigenvalue weighted by Crippen LogP contribution is 2.41. The van der Waals surface area contributed by atoms with Crippen LogP contribution in [0.15, 0.2) is 11.1 Å². The van der Waals surface area contributed by atoms with Gasteiger partial charge in [-0.2, -0.15) is 10.0 Å². The molecule has 0 radical (unpaired) electrons. The van der Waals surface area contributed by atoms with Crippen molar-refractivity contribution in [1.29, 1.82) is 0 Å². The fourth-order valence-electron chi connectivity index (χ4n) is 2.67. The number of carbonyl (C=O) groups excluding carboxylic acids is 4. The van der Waals surface area contributed by atoms with E-state index in [4.69, 9.17) is 23.7 Å². The number of nitrogens with zero attached hydrogens (tertiary/aromatic N) is 2. The Balaban J connectivity index is 2.39. The average Bonchev–Trinajstić information content (AvgIpc) is 3.13. The van der Waals surface area contributed by atoms with Gasteiger partial charge in [0.25, 0.3) is 0 Å². The second kappa shape index (κ2) is 8.71. The maximum Gasteiger partial charge on any atom is 0.431 e. The van der Waals surface area contributed by atoms with E-state index in [1.807, 2.05) is 0 Å². The lowest BCUT2D eigenvalue weighted by Crippen LogP contribution is -2.55. The summed E-state index contributed by atoms with van der Waals surface area (Å²) in [5, 5.41) is 1.92. The van der Waals surface area contributed by atoms with Crippen molar-refractivity contribution in [3.63, 3.8) is 0 Å². The maximum absolute atomic E-state index is 12.4. The molecule has 2 rings (SSSR count). The minimum Gasteiger partial charge on any atom is -0.461 e. The number of carbonyl (C=O) groups is 4. The lowest BCUT2D eigenvalue weighted by atomic mass is 10.1. The minimum absolute atomic E-state index is 0.0761. The number of fused-ring (bicyclic) bond motifs is 2. The molecule has 1 saturated heterocycles. The largest absolute Gasteiger partial charge is 0.461 e. The standard InChI is InChI=1S/C16H22N2O9/c1-5-23-15(21)17-13-11(7-25-9(3)19)12(8-26-10(4)20)14(27-13)18(17)16(22)24-6-2/h13-14H,5-8H2,1-4H3/t13-,14+. The van der Waals surface area contributed by atoms with Gasteiger partial charge in [0, 0.05) is 25.0 Å². The Labute approximate surface area is 155 Å². The lowest BCUT2D eigenvalue weighted by Gasteiger charge is -2.34. The topological polar surface area (TPSA) is 121 Å². The molecule has 0 aromatic rings. The first kappa shape index (κ1) is 20.5. The van der Waals surface area contributed by atoms with Gasteiger partial charge in [-0.25, -0.2) is 9.59 Å². The molecule has 2 atom stereocenters. The van der Waals surface area contributed by atoms with Crippen LogP contribution < -0.4 is 0 Å². The van der Waals surface area contributed by atoms with Crippen molar-refractivity contribution in [2.45, 2.75) is 40.2 Å². The summed E-state index contributed by atoms with van der Waals surface area (Å²) in [7, 11) is 0. The Morgan fingerprint density at radius 3 is 1.44 bits per heavy atom. The molecular formula is C16H22N2O9. The van der Waals surface area contributed by atoms with E-state index in [0.29, 0.717) is 11.1 Å². The first-order valence-corrected chi connectivity index (χ1v) is 8.37. The smallest absolute Gasteiger partial charge is 0.431 e. The number of hydrogen-bond donors (Lipinski definition) is 0. The summed E-state index contributed by atoms with van der Waals surface area (Å²) in [5.74, 6) is -1.08. The van der Waals surface area contributed by atoms with Crippen molar-refractivity contribution in [2.24, 2.45) is 0 Å². The van der Waals surface area contributed by atoms with E-state index < -0.39 is 36.6 Å². The van der Waals surface area contributed by atoms with Gasteiger partial charge in [-0.15, -0.1) is 0 Å². The molecule has 150 valence electrons. The highest BCUT2D eigenvalue weighted by molar-refractivity contribution is 5.77. The number of esters is 2. The zero-order valence-electron chi connectivity index (χ0n) is 15.6. The quantitative estimate of drug-likeness (QED) is 0.373. The Kier molecular flexibility index (Phi) is 6.61. The van der Waals surface area contributed by atoms with Crippen molar-refractivity contribution >= 4 is 24.1 Å². The Hall–Kier alpha value is -2.82. The van der Waals surface area contributed by atoms with E-state index in [-0.39, 0.29) is 26.4 Å². The SMILES string of the molecule is CCOC(=O)N1[C@@H]2O[C@@H](C(COC(C)=O)=C2COC(C)=O)N1C(=O)OCC. The maximum atomic E-state index is 12.4. The number of hydrazine groups is 1. The molecule has 1 fully saturated rings. The van der Waals surface area contributed by atoms with Gasteiger partial charge in [0.05, 0.1) is 13.2 Å². The van der Waals surface area contributed by atoms with Gasteiger partial charge in [0.15, 0.2) is 12.5 Å². The first-order chi connectivity index (χ1) is 12.8. The molecule has 0 aliphatic carbocycles. The van der Waals surface area contributed by atoms with Crippen molar-refractivity contribution in [3.8, 4) is 0 Å². The van der Waals surface area contributed by atoms with Gasteiger partial charge in [-0.3, -0.25) is 9.59 Å². The third-order valence-corrected chi connectivity index (χ3v) is 3.71. The first-order valence-electron chi connectivity index (χ1n) is 8.37. The van der Waals surface area contributed by atoms with E-state index in [0.717, 1.165) is 10.0 Å². The molecule has 11 nitrogen and oxygen atoms in total. The molecule has 0 aromatic heterocycles. The summed E-state index contributed by atoms with van der Waals surface area (Å²) in [6.07, 6.45) is -3.76.